The lowest BCUT2D eigenvalue weighted by Gasteiger charge is -2.11. The largest absolute Gasteiger partial charge is 0.496 e. The van der Waals surface area contributed by atoms with Crippen molar-refractivity contribution in [3.8, 4) is 5.75 Å². The molecule has 0 radical (unpaired) electrons. The Morgan fingerprint density at radius 1 is 1.60 bits per heavy atom. The minimum Gasteiger partial charge on any atom is -0.496 e. The highest BCUT2D eigenvalue weighted by molar-refractivity contribution is 7.10. The summed E-state index contributed by atoms with van der Waals surface area (Å²) in [6.45, 7) is 4.42. The average molecular weight is 225 g/mol. The Labute approximate surface area is 95.6 Å². The molecule has 84 valence electrons. The molecule has 0 aliphatic heterocycles. The van der Waals surface area contributed by atoms with Crippen LogP contribution >= 0.6 is 11.3 Å². The van der Waals surface area contributed by atoms with Crippen molar-refractivity contribution >= 4 is 11.3 Å². The van der Waals surface area contributed by atoms with E-state index in [1.807, 2.05) is 6.07 Å². The van der Waals surface area contributed by atoms with Crippen LogP contribution < -0.4 is 10.1 Å². The van der Waals surface area contributed by atoms with E-state index in [2.05, 4.69) is 17.6 Å². The molecule has 1 aromatic rings. The summed E-state index contributed by atoms with van der Waals surface area (Å²) >= 11 is 1.76. The van der Waals surface area contributed by atoms with Crippen molar-refractivity contribution in [1.29, 1.82) is 0 Å². The van der Waals surface area contributed by atoms with E-state index in [-0.39, 0.29) is 0 Å². The molecule has 1 heterocycles. The van der Waals surface area contributed by atoms with Crippen molar-refractivity contribution in [2.24, 2.45) is 11.8 Å². The maximum atomic E-state index is 5.27. The minimum absolute atomic E-state index is 0.830. The summed E-state index contributed by atoms with van der Waals surface area (Å²) in [6.07, 6.45) is 2.87. The molecule has 1 atom stereocenters. The highest BCUT2D eigenvalue weighted by Crippen LogP contribution is 2.36. The van der Waals surface area contributed by atoms with Crippen LogP contribution in [0.2, 0.25) is 0 Å². The van der Waals surface area contributed by atoms with Crippen LogP contribution in [0.5, 0.6) is 5.75 Å². The van der Waals surface area contributed by atoms with Crippen LogP contribution in [0.15, 0.2) is 11.4 Å². The van der Waals surface area contributed by atoms with Gasteiger partial charge in [0, 0.05) is 6.54 Å². The molecule has 1 aliphatic carbocycles. The zero-order valence-corrected chi connectivity index (χ0v) is 10.3. The third kappa shape index (κ3) is 2.95. The third-order valence-electron chi connectivity index (χ3n) is 3.10. The second kappa shape index (κ2) is 4.99. The summed E-state index contributed by atoms with van der Waals surface area (Å²) in [5, 5.41) is 5.60. The van der Waals surface area contributed by atoms with Crippen molar-refractivity contribution in [3.05, 3.63) is 16.3 Å². The Morgan fingerprint density at radius 2 is 2.40 bits per heavy atom. The topological polar surface area (TPSA) is 21.3 Å². The molecule has 0 saturated heterocycles. The standard InChI is InChI=1S/C12H19NOS/c1-9(10-3-4-10)7-13-8-12-11(14-2)5-6-15-12/h5-6,9-10,13H,3-4,7-8H2,1-2H3. The molecule has 1 N–H and O–H groups in total. The van der Waals surface area contributed by atoms with Crippen LogP contribution in [0.1, 0.15) is 24.6 Å². The molecule has 15 heavy (non-hydrogen) atoms. The Morgan fingerprint density at radius 3 is 3.07 bits per heavy atom. The smallest absolute Gasteiger partial charge is 0.134 e. The quantitative estimate of drug-likeness (QED) is 0.804. The van der Waals surface area contributed by atoms with Gasteiger partial charge < -0.3 is 10.1 Å². The second-order valence-corrected chi connectivity index (χ2v) is 5.36. The highest BCUT2D eigenvalue weighted by atomic mass is 32.1. The molecule has 1 saturated carbocycles. The van der Waals surface area contributed by atoms with Crippen LogP contribution in [-0.2, 0) is 6.54 Å². The first-order chi connectivity index (χ1) is 7.31. The van der Waals surface area contributed by atoms with Gasteiger partial charge in [-0.25, -0.2) is 0 Å². The Hall–Kier alpha value is -0.540. The fraction of sp³-hybridized carbons (Fsp3) is 0.667. The van der Waals surface area contributed by atoms with Crippen LogP contribution in [-0.4, -0.2) is 13.7 Å². The van der Waals surface area contributed by atoms with Crippen molar-refractivity contribution < 1.29 is 4.74 Å². The van der Waals surface area contributed by atoms with Gasteiger partial charge in [0.2, 0.25) is 0 Å². The van der Waals surface area contributed by atoms with Crippen LogP contribution in [0.3, 0.4) is 0 Å². The maximum absolute atomic E-state index is 5.27. The van der Waals surface area contributed by atoms with E-state index in [9.17, 15) is 0 Å². The fourth-order valence-electron chi connectivity index (χ4n) is 1.88. The van der Waals surface area contributed by atoms with E-state index in [0.717, 1.165) is 30.7 Å². The third-order valence-corrected chi connectivity index (χ3v) is 4.01. The number of hydrogen-bond acceptors (Lipinski definition) is 3. The average Bonchev–Trinajstić information content (AvgIpc) is 2.99. The number of hydrogen-bond donors (Lipinski definition) is 1. The molecule has 1 aliphatic rings. The van der Waals surface area contributed by atoms with E-state index in [0.29, 0.717) is 0 Å². The molecule has 0 amide bonds. The number of nitrogens with one attached hydrogen (secondary N) is 1. The number of thiophene rings is 1. The summed E-state index contributed by atoms with van der Waals surface area (Å²) < 4.78 is 5.27. The van der Waals surface area contributed by atoms with Gasteiger partial charge in [0.05, 0.1) is 12.0 Å². The lowest BCUT2D eigenvalue weighted by molar-refractivity contribution is 0.407. The van der Waals surface area contributed by atoms with Crippen molar-refractivity contribution in [3.63, 3.8) is 0 Å². The van der Waals surface area contributed by atoms with Gasteiger partial charge in [-0.05, 0) is 42.7 Å². The molecule has 0 bridgehead atoms. The summed E-state index contributed by atoms with van der Waals surface area (Å²) in [5.41, 5.74) is 0. The van der Waals surface area contributed by atoms with E-state index >= 15 is 0 Å². The van der Waals surface area contributed by atoms with Gasteiger partial charge >= 0.3 is 0 Å². The Bertz CT molecular complexity index is 306. The summed E-state index contributed by atoms with van der Waals surface area (Å²) in [5.74, 6) is 2.84. The first kappa shape index (κ1) is 11.0. The highest BCUT2D eigenvalue weighted by Gasteiger charge is 2.27. The maximum Gasteiger partial charge on any atom is 0.134 e. The van der Waals surface area contributed by atoms with E-state index in [4.69, 9.17) is 4.74 Å². The molecular formula is C12H19NOS. The second-order valence-electron chi connectivity index (χ2n) is 4.36. The van der Waals surface area contributed by atoms with Gasteiger partial charge in [0.25, 0.3) is 0 Å². The molecular weight excluding hydrogens is 206 g/mol. The summed E-state index contributed by atoms with van der Waals surface area (Å²) in [7, 11) is 1.73. The lowest BCUT2D eigenvalue weighted by Crippen LogP contribution is -2.21. The van der Waals surface area contributed by atoms with Gasteiger partial charge in [-0.2, -0.15) is 0 Å². The lowest BCUT2D eigenvalue weighted by atomic mass is 10.1. The van der Waals surface area contributed by atoms with Crippen LogP contribution in [0, 0.1) is 11.8 Å². The van der Waals surface area contributed by atoms with Crippen LogP contribution in [0.25, 0.3) is 0 Å². The van der Waals surface area contributed by atoms with Gasteiger partial charge in [-0.3, -0.25) is 0 Å². The Kier molecular flexibility index (Phi) is 3.65. The molecule has 0 aromatic carbocycles. The Balaban J connectivity index is 1.72. The number of methoxy groups -OCH3 is 1. The molecule has 3 heteroatoms. The summed E-state index contributed by atoms with van der Waals surface area (Å²) in [4.78, 5) is 1.31. The van der Waals surface area contributed by atoms with Crippen molar-refractivity contribution in [2.45, 2.75) is 26.3 Å². The minimum atomic E-state index is 0.830. The van der Waals surface area contributed by atoms with Crippen LogP contribution in [0.4, 0.5) is 0 Å². The van der Waals surface area contributed by atoms with Crippen molar-refractivity contribution in [2.75, 3.05) is 13.7 Å². The number of ether oxygens (including phenoxy) is 1. The van der Waals surface area contributed by atoms with E-state index < -0.39 is 0 Å². The van der Waals surface area contributed by atoms with Crippen molar-refractivity contribution in [1.82, 2.24) is 5.32 Å². The molecule has 1 unspecified atom stereocenters. The monoisotopic (exact) mass is 225 g/mol. The molecule has 2 nitrogen and oxygen atoms in total. The van der Waals surface area contributed by atoms with E-state index in [1.54, 1.807) is 18.4 Å². The van der Waals surface area contributed by atoms with Gasteiger partial charge in [-0.15, -0.1) is 11.3 Å². The molecule has 2 rings (SSSR count). The SMILES string of the molecule is COc1ccsc1CNCC(C)C1CC1. The predicted octanol–water partition coefficient (Wildman–Crippen LogP) is 2.89. The first-order valence-corrected chi connectivity index (χ1v) is 6.50. The molecule has 1 aromatic heterocycles. The van der Waals surface area contributed by atoms with Gasteiger partial charge in [-0.1, -0.05) is 6.92 Å². The summed E-state index contributed by atoms with van der Waals surface area (Å²) in [6, 6.07) is 2.03. The molecule has 0 spiro atoms. The van der Waals surface area contributed by atoms with Gasteiger partial charge in [0.1, 0.15) is 5.75 Å². The first-order valence-electron chi connectivity index (χ1n) is 5.62. The van der Waals surface area contributed by atoms with E-state index in [1.165, 1.54) is 17.7 Å². The fourth-order valence-corrected chi connectivity index (χ4v) is 2.69. The number of rotatable bonds is 6. The zero-order chi connectivity index (χ0) is 10.7. The van der Waals surface area contributed by atoms with Gasteiger partial charge in [0.15, 0.2) is 0 Å². The normalized spacial score (nSPS) is 17.7. The predicted molar refractivity (Wildman–Crippen MR) is 64.5 cm³/mol. The molecule has 1 fully saturated rings. The zero-order valence-electron chi connectivity index (χ0n) is 9.45.